The van der Waals surface area contributed by atoms with E-state index in [-0.39, 0.29) is 36.9 Å². The predicted molar refractivity (Wildman–Crippen MR) is 156 cm³/mol. The highest BCUT2D eigenvalue weighted by Gasteiger charge is 2.34. The lowest BCUT2D eigenvalue weighted by Gasteiger charge is -2.38. The van der Waals surface area contributed by atoms with Gasteiger partial charge in [0, 0.05) is 47.5 Å². The topological polar surface area (TPSA) is 83.1 Å². The van der Waals surface area contributed by atoms with Gasteiger partial charge in [-0.1, -0.05) is 37.5 Å². The van der Waals surface area contributed by atoms with Crippen molar-refractivity contribution in [1.82, 2.24) is 19.7 Å². The van der Waals surface area contributed by atoms with Crippen molar-refractivity contribution < 1.29 is 19.1 Å². The van der Waals surface area contributed by atoms with Gasteiger partial charge in [-0.15, -0.1) is 11.3 Å². The minimum atomic E-state index is -0.370. The summed E-state index contributed by atoms with van der Waals surface area (Å²) >= 11 is 1.52. The number of aromatic nitrogens is 1. The number of benzene rings is 1. The molecule has 1 unspecified atom stereocenters. The van der Waals surface area contributed by atoms with Gasteiger partial charge < -0.3 is 14.5 Å². The first kappa shape index (κ1) is 28.2. The lowest BCUT2D eigenvalue weighted by atomic mass is 9.94. The van der Waals surface area contributed by atoms with E-state index in [4.69, 9.17) is 4.74 Å². The summed E-state index contributed by atoms with van der Waals surface area (Å²) in [4.78, 5) is 50.6. The van der Waals surface area contributed by atoms with Gasteiger partial charge in [-0.2, -0.15) is 0 Å². The third-order valence-electron chi connectivity index (χ3n) is 7.99. The average Bonchev–Trinajstić information content (AvgIpc) is 3.45. The zero-order valence-corrected chi connectivity index (χ0v) is 24.2. The van der Waals surface area contributed by atoms with Crippen LogP contribution in [0.1, 0.15) is 72.8 Å². The van der Waals surface area contributed by atoms with E-state index < -0.39 is 0 Å². The Labute approximate surface area is 239 Å². The van der Waals surface area contributed by atoms with Crippen LogP contribution < -0.4 is 0 Å². The van der Waals surface area contributed by atoms with Crippen molar-refractivity contribution in [3.63, 3.8) is 0 Å². The summed E-state index contributed by atoms with van der Waals surface area (Å²) in [6, 6.07) is 11.9. The number of nitrogens with zero attached hydrogens (tertiary/aromatic N) is 4. The second-order valence-electron chi connectivity index (χ2n) is 10.6. The van der Waals surface area contributed by atoms with E-state index in [0.29, 0.717) is 37.8 Å². The molecule has 1 aliphatic carbocycles. The van der Waals surface area contributed by atoms with Gasteiger partial charge in [0.2, 0.25) is 5.91 Å². The van der Waals surface area contributed by atoms with Crippen LogP contribution >= 0.6 is 11.3 Å². The standard InChI is InChI=1S/C31H38N4O4S/c1-3-34(25-11-6-5-7-12-25)31(38)24-17-27(40-21-24)30(23-16-22-10-8-9-13-26(22)32-18-23)35-15-14-33(19-28(35)36)20-29(37)39-4-2/h8-10,13,16-18,21,25,30H,3-7,11-12,14-15,19-20H2,1-2H3. The number of ether oxygens (including phenoxy) is 1. The zero-order valence-electron chi connectivity index (χ0n) is 23.4. The number of thiophene rings is 1. The van der Waals surface area contributed by atoms with Crippen LogP contribution in [0.3, 0.4) is 0 Å². The number of hydrogen-bond donors (Lipinski definition) is 0. The third kappa shape index (κ3) is 6.20. The SMILES string of the molecule is CCOC(=O)CN1CCN(C(c2cnc3ccccc3c2)c2cc(C(=O)N(CC)C3CCCCC3)cs2)C(=O)C1. The molecule has 3 heterocycles. The number of para-hydroxylation sites is 1. The first-order valence-corrected chi connectivity index (χ1v) is 15.3. The van der Waals surface area contributed by atoms with Gasteiger partial charge in [-0.05, 0) is 50.5 Å². The zero-order chi connectivity index (χ0) is 28.1. The molecule has 3 aromatic rings. The van der Waals surface area contributed by atoms with Crippen molar-refractivity contribution in [3.05, 3.63) is 64.0 Å². The molecule has 2 aromatic heterocycles. The van der Waals surface area contributed by atoms with Gasteiger partial charge in [-0.25, -0.2) is 0 Å². The summed E-state index contributed by atoms with van der Waals surface area (Å²) in [6.07, 6.45) is 7.55. The normalized spacial score (nSPS) is 17.6. The summed E-state index contributed by atoms with van der Waals surface area (Å²) < 4.78 is 5.08. The quantitative estimate of drug-likeness (QED) is 0.346. The van der Waals surface area contributed by atoms with E-state index in [9.17, 15) is 14.4 Å². The molecule has 2 aliphatic rings. The number of pyridine rings is 1. The summed E-state index contributed by atoms with van der Waals surface area (Å²) in [7, 11) is 0. The van der Waals surface area contributed by atoms with Crippen molar-refractivity contribution in [2.75, 3.05) is 39.3 Å². The van der Waals surface area contributed by atoms with Gasteiger partial charge in [-0.3, -0.25) is 24.3 Å². The number of hydrogen-bond acceptors (Lipinski definition) is 7. The molecule has 8 nitrogen and oxygen atoms in total. The first-order chi connectivity index (χ1) is 19.5. The van der Waals surface area contributed by atoms with Crippen LogP contribution in [-0.2, 0) is 14.3 Å². The van der Waals surface area contributed by atoms with Crippen LogP contribution in [0.25, 0.3) is 10.9 Å². The fraction of sp³-hybridized carbons (Fsp3) is 0.484. The van der Waals surface area contributed by atoms with E-state index in [2.05, 4.69) is 18.0 Å². The highest BCUT2D eigenvalue weighted by Crippen LogP contribution is 2.36. The average molecular weight is 563 g/mol. The van der Waals surface area contributed by atoms with E-state index in [0.717, 1.165) is 34.2 Å². The van der Waals surface area contributed by atoms with Crippen LogP contribution in [0.5, 0.6) is 0 Å². The molecular formula is C31H38N4O4S. The molecule has 1 aliphatic heterocycles. The molecule has 40 heavy (non-hydrogen) atoms. The summed E-state index contributed by atoms with van der Waals surface area (Å²) in [5.41, 5.74) is 2.48. The number of carbonyl (C=O) groups excluding carboxylic acids is 3. The highest BCUT2D eigenvalue weighted by atomic mass is 32.1. The molecule has 0 N–H and O–H groups in total. The first-order valence-electron chi connectivity index (χ1n) is 14.4. The van der Waals surface area contributed by atoms with Crippen molar-refractivity contribution in [3.8, 4) is 0 Å². The maximum absolute atomic E-state index is 13.7. The molecule has 2 fully saturated rings. The van der Waals surface area contributed by atoms with Crippen LogP contribution in [0, 0.1) is 0 Å². The number of esters is 1. The Morgan fingerprint density at radius 1 is 1.12 bits per heavy atom. The minimum Gasteiger partial charge on any atom is -0.465 e. The molecule has 0 radical (unpaired) electrons. The Kier molecular flexibility index (Phi) is 9.11. The number of amides is 2. The molecule has 2 amide bonds. The Hall–Kier alpha value is -3.30. The summed E-state index contributed by atoms with van der Waals surface area (Å²) in [6.45, 7) is 6.09. The molecule has 1 aromatic carbocycles. The molecule has 0 spiro atoms. The minimum absolute atomic E-state index is 0.0626. The smallest absolute Gasteiger partial charge is 0.320 e. The predicted octanol–water partition coefficient (Wildman–Crippen LogP) is 4.89. The van der Waals surface area contributed by atoms with Crippen LogP contribution in [0.4, 0.5) is 0 Å². The lowest BCUT2D eigenvalue weighted by Crippen LogP contribution is -2.52. The molecule has 212 valence electrons. The van der Waals surface area contributed by atoms with Gasteiger partial charge in [0.15, 0.2) is 0 Å². The Balaban J connectivity index is 1.44. The van der Waals surface area contributed by atoms with Crippen LogP contribution in [-0.4, -0.2) is 82.8 Å². The van der Waals surface area contributed by atoms with Gasteiger partial charge >= 0.3 is 5.97 Å². The molecule has 1 saturated heterocycles. The maximum atomic E-state index is 13.7. The monoisotopic (exact) mass is 562 g/mol. The molecule has 5 rings (SSSR count). The van der Waals surface area contributed by atoms with Gasteiger partial charge in [0.05, 0.1) is 36.8 Å². The fourth-order valence-corrected chi connectivity index (χ4v) is 7.02. The van der Waals surface area contributed by atoms with Crippen molar-refractivity contribution in [1.29, 1.82) is 0 Å². The second kappa shape index (κ2) is 12.9. The van der Waals surface area contributed by atoms with Crippen molar-refractivity contribution >= 4 is 40.0 Å². The number of rotatable bonds is 9. The van der Waals surface area contributed by atoms with E-state index in [1.165, 1.54) is 30.6 Å². The van der Waals surface area contributed by atoms with E-state index in [1.54, 1.807) is 6.92 Å². The second-order valence-corrected chi connectivity index (χ2v) is 11.5. The van der Waals surface area contributed by atoms with E-state index >= 15 is 0 Å². The fourth-order valence-electron chi connectivity index (χ4n) is 6.00. The van der Waals surface area contributed by atoms with E-state index in [1.807, 2.05) is 56.6 Å². The largest absolute Gasteiger partial charge is 0.465 e. The maximum Gasteiger partial charge on any atom is 0.320 e. The lowest BCUT2D eigenvalue weighted by molar-refractivity contribution is -0.147. The third-order valence-corrected chi connectivity index (χ3v) is 8.97. The molecule has 9 heteroatoms. The number of carbonyl (C=O) groups is 3. The Bertz CT molecular complexity index is 1350. The Morgan fingerprint density at radius 2 is 1.93 bits per heavy atom. The van der Waals surface area contributed by atoms with Crippen LogP contribution in [0.15, 0.2) is 48.0 Å². The number of piperazine rings is 1. The molecular weight excluding hydrogens is 524 g/mol. The molecule has 1 saturated carbocycles. The van der Waals surface area contributed by atoms with Crippen LogP contribution in [0.2, 0.25) is 0 Å². The van der Waals surface area contributed by atoms with Gasteiger partial charge in [0.25, 0.3) is 5.91 Å². The Morgan fingerprint density at radius 3 is 2.67 bits per heavy atom. The van der Waals surface area contributed by atoms with Crippen molar-refractivity contribution in [2.45, 2.75) is 58.0 Å². The highest BCUT2D eigenvalue weighted by molar-refractivity contribution is 7.10. The summed E-state index contributed by atoms with van der Waals surface area (Å²) in [5.74, 6) is -0.316. The molecule has 1 atom stereocenters. The molecule has 0 bridgehead atoms. The van der Waals surface area contributed by atoms with Crippen molar-refractivity contribution in [2.24, 2.45) is 0 Å². The number of fused-ring (bicyclic) bond motifs is 1. The van der Waals surface area contributed by atoms with Gasteiger partial charge in [0.1, 0.15) is 0 Å². The summed E-state index contributed by atoms with van der Waals surface area (Å²) in [5, 5.41) is 2.94.